The minimum atomic E-state index is -0.574. The van der Waals surface area contributed by atoms with Crippen molar-refractivity contribution in [3.8, 4) is 17.5 Å². The Morgan fingerprint density at radius 1 is 1.15 bits per heavy atom. The molecule has 0 bridgehead atoms. The zero-order valence-corrected chi connectivity index (χ0v) is 25.0. The topological polar surface area (TPSA) is 85.2 Å². The average Bonchev–Trinajstić information content (AvgIpc) is 3.44. The normalized spacial score (nSPS) is 15.6. The van der Waals surface area contributed by atoms with Crippen LogP contribution in [0.1, 0.15) is 56.6 Å². The van der Waals surface area contributed by atoms with Crippen molar-refractivity contribution in [3.63, 3.8) is 0 Å². The smallest absolute Gasteiger partial charge is 0.234 e. The summed E-state index contributed by atoms with van der Waals surface area (Å²) >= 11 is 14.2. The maximum absolute atomic E-state index is 12.7. The number of ether oxygens (including phenoxy) is 1. The summed E-state index contributed by atoms with van der Waals surface area (Å²) in [5.41, 5.74) is 2.59. The van der Waals surface area contributed by atoms with Gasteiger partial charge in [-0.25, -0.2) is 0 Å². The lowest BCUT2D eigenvalue weighted by atomic mass is 10.1. The van der Waals surface area contributed by atoms with E-state index in [0.29, 0.717) is 39.1 Å². The third kappa shape index (κ3) is 7.77. The molecule has 11 heteroatoms. The number of benzene rings is 2. The van der Waals surface area contributed by atoms with Crippen LogP contribution in [0.4, 0.5) is 5.69 Å². The highest BCUT2D eigenvalue weighted by Gasteiger charge is 2.25. The van der Waals surface area contributed by atoms with Crippen molar-refractivity contribution in [1.29, 1.82) is 0 Å². The highest BCUT2D eigenvalue weighted by Crippen LogP contribution is 2.41. The molecule has 1 N–H and O–H groups in total. The second-order valence-electron chi connectivity index (χ2n) is 10.5. The monoisotopic (exact) mass is 598 g/mol. The lowest BCUT2D eigenvalue weighted by molar-refractivity contribution is -0.113. The summed E-state index contributed by atoms with van der Waals surface area (Å²) in [6.45, 7) is 7.81. The second kappa shape index (κ2) is 12.9. The van der Waals surface area contributed by atoms with Crippen LogP contribution in [0.15, 0.2) is 41.6 Å². The Kier molecular flexibility index (Phi) is 9.34. The maximum atomic E-state index is 12.7. The Hall–Kier alpha value is -2.61. The highest BCUT2D eigenvalue weighted by molar-refractivity contribution is 7.99. The fourth-order valence-electron chi connectivity index (χ4n) is 4.49. The van der Waals surface area contributed by atoms with Crippen LogP contribution in [-0.4, -0.2) is 68.6 Å². The molecule has 40 heavy (non-hydrogen) atoms. The first-order chi connectivity index (χ1) is 19.3. The van der Waals surface area contributed by atoms with Crippen LogP contribution in [0, 0.1) is 11.8 Å². The van der Waals surface area contributed by atoms with Gasteiger partial charge in [0.05, 0.1) is 33.8 Å². The maximum Gasteiger partial charge on any atom is 0.234 e. The Labute approximate surface area is 249 Å². The van der Waals surface area contributed by atoms with E-state index < -0.39 is 5.60 Å². The van der Waals surface area contributed by atoms with Crippen LogP contribution in [0.2, 0.25) is 10.0 Å². The molecule has 2 fully saturated rings. The Balaban J connectivity index is 1.13. The van der Waals surface area contributed by atoms with E-state index in [2.05, 4.69) is 43.6 Å². The molecule has 2 aliphatic rings. The molecule has 5 rings (SSSR count). The minimum absolute atomic E-state index is 0.0962. The molecule has 0 spiro atoms. The van der Waals surface area contributed by atoms with Gasteiger partial charge in [-0.2, -0.15) is 4.68 Å². The summed E-state index contributed by atoms with van der Waals surface area (Å²) in [4.78, 5) is 15.1. The van der Waals surface area contributed by atoms with E-state index in [1.54, 1.807) is 16.8 Å². The second-order valence-corrected chi connectivity index (χ2v) is 12.3. The SMILES string of the molecule is CC(C)(C#Cc1ccc(NC(=O)CSc2nnnn2-c2ccc(C3CC3)cc2Cl)c(Cl)c1)OCCN1CCCC1. The number of hydrogen-bond donors (Lipinski definition) is 1. The van der Waals surface area contributed by atoms with Gasteiger partial charge in [-0.3, -0.25) is 4.79 Å². The van der Waals surface area contributed by atoms with Gasteiger partial charge in [0.2, 0.25) is 11.1 Å². The number of amides is 1. The van der Waals surface area contributed by atoms with E-state index in [0.717, 1.165) is 25.2 Å². The molecule has 0 unspecified atom stereocenters. The zero-order chi connectivity index (χ0) is 28.1. The van der Waals surface area contributed by atoms with Gasteiger partial charge < -0.3 is 15.0 Å². The van der Waals surface area contributed by atoms with E-state index in [1.165, 1.54) is 43.0 Å². The number of carbonyl (C=O) groups is 1. The third-order valence-electron chi connectivity index (χ3n) is 6.84. The first-order valence-electron chi connectivity index (χ1n) is 13.5. The fourth-order valence-corrected chi connectivity index (χ4v) is 5.67. The van der Waals surface area contributed by atoms with E-state index in [-0.39, 0.29) is 11.7 Å². The lowest BCUT2D eigenvalue weighted by Gasteiger charge is -2.21. The van der Waals surface area contributed by atoms with Crippen molar-refractivity contribution < 1.29 is 9.53 Å². The zero-order valence-electron chi connectivity index (χ0n) is 22.6. The Morgan fingerprint density at radius 2 is 1.95 bits per heavy atom. The molecule has 0 atom stereocenters. The molecular weight excluding hydrogens is 567 g/mol. The molecule has 3 aromatic rings. The number of carbonyl (C=O) groups excluding carboxylic acids is 1. The average molecular weight is 600 g/mol. The number of anilines is 1. The molecule has 1 aromatic heterocycles. The summed E-state index contributed by atoms with van der Waals surface area (Å²) in [6, 6.07) is 11.3. The number of hydrogen-bond acceptors (Lipinski definition) is 7. The number of nitrogens with one attached hydrogen (secondary N) is 1. The van der Waals surface area contributed by atoms with Crippen LogP contribution in [0.3, 0.4) is 0 Å². The van der Waals surface area contributed by atoms with Gasteiger partial charge >= 0.3 is 0 Å². The van der Waals surface area contributed by atoms with Crippen molar-refractivity contribution in [2.75, 3.05) is 37.3 Å². The van der Waals surface area contributed by atoms with E-state index in [1.807, 2.05) is 32.0 Å². The standard InChI is InChI=1S/C29H32Cl2N6O2S/c1-29(2,39-16-15-36-13-3-4-14-36)12-11-20-5-9-25(23(30)17-20)32-27(38)19-40-28-33-34-35-37(28)26-10-8-22(18-24(26)31)21-6-7-21/h5,8-10,17-18,21H,3-4,6-7,13-16,19H2,1-2H3,(H,32,38). The van der Waals surface area contributed by atoms with E-state index in [4.69, 9.17) is 27.9 Å². The number of aromatic nitrogens is 4. The number of tetrazole rings is 1. The number of thioether (sulfide) groups is 1. The van der Waals surface area contributed by atoms with Crippen LogP contribution in [0.5, 0.6) is 0 Å². The molecule has 2 heterocycles. The van der Waals surface area contributed by atoms with E-state index in [9.17, 15) is 4.79 Å². The van der Waals surface area contributed by atoms with Gasteiger partial charge in [0.15, 0.2) is 0 Å². The van der Waals surface area contributed by atoms with Gasteiger partial charge in [0.1, 0.15) is 5.60 Å². The summed E-state index contributed by atoms with van der Waals surface area (Å²) in [7, 11) is 0. The first kappa shape index (κ1) is 28.9. The minimum Gasteiger partial charge on any atom is -0.362 e. The van der Waals surface area contributed by atoms with Crippen LogP contribution in [0.25, 0.3) is 5.69 Å². The molecule has 1 amide bonds. The van der Waals surface area contributed by atoms with Crippen molar-refractivity contribution in [1.82, 2.24) is 25.1 Å². The van der Waals surface area contributed by atoms with Crippen molar-refractivity contribution in [2.45, 2.75) is 56.2 Å². The molecule has 2 aromatic carbocycles. The van der Waals surface area contributed by atoms with Gasteiger partial charge in [-0.05, 0) is 105 Å². The summed E-state index contributed by atoms with van der Waals surface area (Å²) in [5.74, 6) is 6.79. The van der Waals surface area contributed by atoms with Crippen molar-refractivity contribution in [2.24, 2.45) is 0 Å². The molecule has 1 aliphatic heterocycles. The number of rotatable bonds is 10. The lowest BCUT2D eigenvalue weighted by Crippen LogP contribution is -2.29. The molecule has 1 saturated heterocycles. The first-order valence-corrected chi connectivity index (χ1v) is 15.2. The van der Waals surface area contributed by atoms with Gasteiger partial charge in [0, 0.05) is 12.1 Å². The van der Waals surface area contributed by atoms with Crippen molar-refractivity contribution in [3.05, 3.63) is 57.6 Å². The summed E-state index contributed by atoms with van der Waals surface area (Å²) in [5, 5.41) is 16.2. The van der Waals surface area contributed by atoms with Crippen LogP contribution >= 0.6 is 35.0 Å². The van der Waals surface area contributed by atoms with Crippen LogP contribution in [-0.2, 0) is 9.53 Å². The Morgan fingerprint density at radius 3 is 2.67 bits per heavy atom. The van der Waals surface area contributed by atoms with E-state index >= 15 is 0 Å². The molecule has 1 aliphatic carbocycles. The van der Waals surface area contributed by atoms with Gasteiger partial charge in [-0.1, -0.05) is 52.9 Å². The quantitative estimate of drug-likeness (QED) is 0.232. The summed E-state index contributed by atoms with van der Waals surface area (Å²) in [6.07, 6.45) is 4.93. The number of likely N-dealkylation sites (tertiary alicyclic amines) is 1. The number of halogens is 2. The Bertz CT molecular complexity index is 1420. The molecule has 210 valence electrons. The number of nitrogens with zero attached hydrogens (tertiary/aromatic N) is 5. The van der Waals surface area contributed by atoms with Gasteiger partial charge in [-0.15, -0.1) is 5.10 Å². The predicted molar refractivity (Wildman–Crippen MR) is 160 cm³/mol. The summed E-state index contributed by atoms with van der Waals surface area (Å²) < 4.78 is 7.56. The largest absolute Gasteiger partial charge is 0.362 e. The third-order valence-corrected chi connectivity index (χ3v) is 8.38. The molecule has 8 nitrogen and oxygen atoms in total. The molecule has 1 saturated carbocycles. The van der Waals surface area contributed by atoms with Crippen LogP contribution < -0.4 is 5.32 Å². The predicted octanol–water partition coefficient (Wildman–Crippen LogP) is 5.82. The molecular formula is C29H32Cl2N6O2S. The molecule has 0 radical (unpaired) electrons. The van der Waals surface area contributed by atoms with Crippen molar-refractivity contribution >= 4 is 46.6 Å². The fraction of sp³-hybridized carbons (Fsp3) is 0.448. The highest BCUT2D eigenvalue weighted by atomic mass is 35.5. The van der Waals surface area contributed by atoms with Gasteiger partial charge in [0.25, 0.3) is 0 Å².